The molecule has 1 heteroatoms. The molecule has 0 amide bonds. The van der Waals surface area contributed by atoms with E-state index in [4.69, 9.17) is 18.0 Å². The third-order valence-electron chi connectivity index (χ3n) is 1.93. The first-order valence-electron chi connectivity index (χ1n) is 3.80. The second kappa shape index (κ2) is 3.21. The zero-order chi connectivity index (χ0) is 9.19. The highest BCUT2D eigenvalue weighted by Gasteiger charge is 2.15. The summed E-state index contributed by atoms with van der Waals surface area (Å²) in [6.07, 6.45) is 5.39. The Morgan fingerprint density at radius 1 is 1.25 bits per heavy atom. The molecule has 1 rings (SSSR count). The Morgan fingerprint density at radius 2 is 1.75 bits per heavy atom. The van der Waals surface area contributed by atoms with Crippen molar-refractivity contribution in [2.24, 2.45) is 0 Å². The summed E-state index contributed by atoms with van der Waals surface area (Å²) in [4.78, 5) is 0. The summed E-state index contributed by atoms with van der Waals surface area (Å²) >= 11 is 5.75. The fraction of sp³-hybridized carbons (Fsp3) is 0.273. The van der Waals surface area contributed by atoms with Crippen molar-refractivity contribution in [1.82, 2.24) is 0 Å². The van der Waals surface area contributed by atoms with Crippen LogP contribution in [0.3, 0.4) is 0 Å². The van der Waals surface area contributed by atoms with E-state index in [9.17, 15) is 0 Å². The van der Waals surface area contributed by atoms with Gasteiger partial charge >= 0.3 is 0 Å². The minimum atomic E-state index is -0.204. The number of halogens is 1. The van der Waals surface area contributed by atoms with Crippen LogP contribution in [0.2, 0.25) is 5.02 Å². The lowest BCUT2D eigenvalue weighted by Crippen LogP contribution is -2.13. The summed E-state index contributed by atoms with van der Waals surface area (Å²) in [5.41, 5.74) is 0.916. The van der Waals surface area contributed by atoms with Gasteiger partial charge in [0.15, 0.2) is 0 Å². The van der Waals surface area contributed by atoms with Gasteiger partial charge in [-0.25, -0.2) is 0 Å². The number of hydrogen-bond acceptors (Lipinski definition) is 0. The van der Waals surface area contributed by atoms with Crippen LogP contribution >= 0.6 is 11.6 Å². The quantitative estimate of drug-likeness (QED) is 0.580. The summed E-state index contributed by atoms with van der Waals surface area (Å²) in [5.74, 6) is 2.73. The minimum Gasteiger partial charge on any atom is -0.119 e. The van der Waals surface area contributed by atoms with Gasteiger partial charge in [0.05, 0.1) is 5.41 Å². The fourth-order valence-corrected chi connectivity index (χ4v) is 1.08. The second-order valence-electron chi connectivity index (χ2n) is 3.28. The summed E-state index contributed by atoms with van der Waals surface area (Å²) in [6.45, 7) is 4.02. The molecule has 0 radical (unpaired) electrons. The van der Waals surface area contributed by atoms with Crippen LogP contribution in [0.4, 0.5) is 0 Å². The minimum absolute atomic E-state index is 0.204. The van der Waals surface area contributed by atoms with E-state index in [0.29, 0.717) is 0 Å². The highest BCUT2D eigenvalue weighted by molar-refractivity contribution is 6.30. The zero-order valence-electron chi connectivity index (χ0n) is 7.26. The lowest BCUT2D eigenvalue weighted by atomic mass is 9.86. The van der Waals surface area contributed by atoms with E-state index in [-0.39, 0.29) is 5.41 Å². The molecule has 1 aromatic carbocycles. The van der Waals surface area contributed by atoms with E-state index in [2.05, 4.69) is 5.92 Å². The average molecular weight is 179 g/mol. The van der Waals surface area contributed by atoms with Gasteiger partial charge < -0.3 is 0 Å². The molecule has 0 aromatic heterocycles. The molecule has 0 aliphatic carbocycles. The summed E-state index contributed by atoms with van der Waals surface area (Å²) in [7, 11) is 0. The van der Waals surface area contributed by atoms with E-state index in [0.717, 1.165) is 10.6 Å². The molecule has 0 aliphatic heterocycles. The molecule has 62 valence electrons. The molecule has 0 spiro atoms. The van der Waals surface area contributed by atoms with Crippen molar-refractivity contribution in [3.8, 4) is 12.3 Å². The molecular formula is C11H11Cl. The molecule has 12 heavy (non-hydrogen) atoms. The van der Waals surface area contributed by atoms with E-state index < -0.39 is 0 Å². The van der Waals surface area contributed by atoms with Gasteiger partial charge in [0.2, 0.25) is 0 Å². The fourth-order valence-electron chi connectivity index (χ4n) is 0.950. The van der Waals surface area contributed by atoms with Crippen molar-refractivity contribution < 1.29 is 0 Å². The Labute approximate surface area is 78.6 Å². The number of benzene rings is 1. The van der Waals surface area contributed by atoms with E-state index in [1.165, 1.54) is 0 Å². The predicted octanol–water partition coefficient (Wildman–Crippen LogP) is 3.25. The van der Waals surface area contributed by atoms with Gasteiger partial charge in [-0.2, -0.15) is 0 Å². The van der Waals surface area contributed by atoms with Crippen molar-refractivity contribution in [2.45, 2.75) is 19.3 Å². The first-order chi connectivity index (χ1) is 5.56. The average Bonchev–Trinajstić information content (AvgIpc) is 2.05. The number of terminal acetylenes is 1. The Hall–Kier alpha value is -0.930. The summed E-state index contributed by atoms with van der Waals surface area (Å²) in [5, 5.41) is 0.742. The van der Waals surface area contributed by atoms with E-state index in [1.54, 1.807) is 0 Å². The van der Waals surface area contributed by atoms with Crippen molar-refractivity contribution in [1.29, 1.82) is 0 Å². The van der Waals surface area contributed by atoms with Gasteiger partial charge in [-0.3, -0.25) is 0 Å². The largest absolute Gasteiger partial charge is 0.119 e. The Bertz CT molecular complexity index is 301. The summed E-state index contributed by atoms with van der Waals surface area (Å²) < 4.78 is 0. The third-order valence-corrected chi connectivity index (χ3v) is 2.18. The number of rotatable bonds is 1. The maximum absolute atomic E-state index is 5.75. The SMILES string of the molecule is C#CC(C)(C)c1ccc(Cl)cc1. The molecule has 0 unspecified atom stereocenters. The van der Waals surface area contributed by atoms with Crippen LogP contribution in [0, 0.1) is 12.3 Å². The van der Waals surface area contributed by atoms with Crippen LogP contribution in [-0.4, -0.2) is 0 Å². The monoisotopic (exact) mass is 178 g/mol. The van der Waals surface area contributed by atoms with Crippen LogP contribution in [0.1, 0.15) is 19.4 Å². The molecule has 0 fully saturated rings. The highest BCUT2D eigenvalue weighted by atomic mass is 35.5. The molecule has 0 heterocycles. The van der Waals surface area contributed by atoms with Crippen LogP contribution in [0.25, 0.3) is 0 Å². The lowest BCUT2D eigenvalue weighted by Gasteiger charge is -2.17. The summed E-state index contributed by atoms with van der Waals surface area (Å²) in [6, 6.07) is 7.64. The maximum Gasteiger partial charge on any atom is 0.0504 e. The molecule has 0 bridgehead atoms. The van der Waals surface area contributed by atoms with Crippen molar-refractivity contribution in [2.75, 3.05) is 0 Å². The number of hydrogen-bond donors (Lipinski definition) is 0. The van der Waals surface area contributed by atoms with Crippen molar-refractivity contribution >= 4 is 11.6 Å². The Kier molecular flexibility index (Phi) is 2.45. The van der Waals surface area contributed by atoms with Gasteiger partial charge in [-0.15, -0.1) is 6.42 Å². The molecule has 0 nitrogen and oxygen atoms in total. The Morgan fingerprint density at radius 3 is 2.17 bits per heavy atom. The third kappa shape index (κ3) is 1.81. The van der Waals surface area contributed by atoms with Crippen LogP contribution in [0.15, 0.2) is 24.3 Å². The van der Waals surface area contributed by atoms with Crippen LogP contribution in [-0.2, 0) is 5.41 Å². The standard InChI is InChI=1S/C11H11Cl/c1-4-11(2,3)9-5-7-10(12)8-6-9/h1,5-8H,2-3H3. The molecule has 0 atom stereocenters. The van der Waals surface area contributed by atoms with E-state index >= 15 is 0 Å². The van der Waals surface area contributed by atoms with Gasteiger partial charge in [0.1, 0.15) is 0 Å². The van der Waals surface area contributed by atoms with Crippen LogP contribution in [0.5, 0.6) is 0 Å². The molecule has 0 N–H and O–H groups in total. The highest BCUT2D eigenvalue weighted by Crippen LogP contribution is 2.23. The topological polar surface area (TPSA) is 0 Å². The van der Waals surface area contributed by atoms with Crippen LogP contribution < -0.4 is 0 Å². The smallest absolute Gasteiger partial charge is 0.0504 e. The van der Waals surface area contributed by atoms with Crippen molar-refractivity contribution in [3.05, 3.63) is 34.9 Å². The molecular weight excluding hydrogens is 168 g/mol. The molecule has 0 saturated carbocycles. The van der Waals surface area contributed by atoms with Gasteiger partial charge in [0.25, 0.3) is 0 Å². The van der Waals surface area contributed by atoms with Gasteiger partial charge in [-0.1, -0.05) is 29.7 Å². The zero-order valence-corrected chi connectivity index (χ0v) is 8.02. The van der Waals surface area contributed by atoms with E-state index in [1.807, 2.05) is 38.1 Å². The first-order valence-corrected chi connectivity index (χ1v) is 4.18. The molecule has 0 aliphatic rings. The maximum atomic E-state index is 5.75. The lowest BCUT2D eigenvalue weighted by molar-refractivity contribution is 0.699. The van der Waals surface area contributed by atoms with Gasteiger partial charge in [0, 0.05) is 5.02 Å². The predicted molar refractivity (Wildman–Crippen MR) is 53.3 cm³/mol. The normalized spacial score (nSPS) is 10.8. The Balaban J connectivity index is 3.07. The second-order valence-corrected chi connectivity index (χ2v) is 3.71. The first kappa shape index (κ1) is 9.16. The van der Waals surface area contributed by atoms with Gasteiger partial charge in [-0.05, 0) is 31.5 Å². The molecule has 1 aromatic rings. The van der Waals surface area contributed by atoms with Crippen molar-refractivity contribution in [3.63, 3.8) is 0 Å². The molecule has 0 saturated heterocycles.